The van der Waals surface area contributed by atoms with Crippen LogP contribution in [0.4, 0.5) is 4.79 Å². The van der Waals surface area contributed by atoms with E-state index in [0.29, 0.717) is 38.8 Å². The first-order chi connectivity index (χ1) is 22.6. The highest BCUT2D eigenvalue weighted by molar-refractivity contribution is 5.96. The molecule has 0 aromatic heterocycles. The average molecular weight is 688 g/mol. The summed E-state index contributed by atoms with van der Waals surface area (Å²) in [6, 6.07) is -5.77. The Bertz CT molecular complexity index is 1060. The van der Waals surface area contributed by atoms with Crippen LogP contribution in [-0.2, 0) is 38.2 Å². The van der Waals surface area contributed by atoms with Crippen molar-refractivity contribution in [3.63, 3.8) is 0 Å². The number of ether oxygens (including phenoxy) is 2. The highest BCUT2D eigenvalue weighted by atomic mass is 16.5. The number of carboxylic acids is 1. The first-order valence-electron chi connectivity index (χ1n) is 16.5. The number of esters is 1. The number of carbonyl (C=O) groups excluding carboxylic acids is 6. The minimum atomic E-state index is -1.41. The lowest BCUT2D eigenvalue weighted by atomic mass is 9.99. The van der Waals surface area contributed by atoms with Gasteiger partial charge in [-0.3, -0.25) is 24.0 Å². The van der Waals surface area contributed by atoms with E-state index in [4.69, 9.17) is 20.9 Å². The fraction of sp³-hybridized carbons (Fsp3) is 0.774. The van der Waals surface area contributed by atoms with Crippen molar-refractivity contribution >= 4 is 41.7 Å². The number of nitrogens with two attached hydrogens (primary N) is 2. The van der Waals surface area contributed by atoms with Crippen molar-refractivity contribution in [3.05, 3.63) is 0 Å². The third-order valence-corrected chi connectivity index (χ3v) is 7.36. The number of nitrogens with one attached hydrogen (secondary N) is 5. The zero-order valence-electron chi connectivity index (χ0n) is 29.1. The molecule has 0 aliphatic carbocycles. The first kappa shape index (κ1) is 44.0. The van der Waals surface area contributed by atoms with Crippen molar-refractivity contribution in [1.82, 2.24) is 26.6 Å². The molecular formula is C31H57N7O10. The minimum absolute atomic E-state index is 0.0792. The Balaban J connectivity index is 6.13. The van der Waals surface area contributed by atoms with Crippen molar-refractivity contribution in [2.75, 3.05) is 26.8 Å². The standard InChI is InChI=1S/C31H57N7O10/c1-7-48-31(46)36-21(13-9-11-17-33)27(42)34-20(12-8-10-16-32)26(41)35-22(14-15-23(39)40)28(43)37-24(18(2)3)29(44)38-25(19(4)5)30(45)47-6/h18-22,24-25H,7-17,32-33H2,1-6H3,(H,34,42)(H,35,41)(H,36,46)(H,37,43)(H,38,44)(H,39,40)/t20-,21-,22-,24-,25-/m0/s1. The average Bonchev–Trinajstić information content (AvgIpc) is 3.02. The van der Waals surface area contributed by atoms with Gasteiger partial charge in [0, 0.05) is 6.42 Å². The predicted molar refractivity (Wildman–Crippen MR) is 176 cm³/mol. The number of hydrogen-bond donors (Lipinski definition) is 8. The monoisotopic (exact) mass is 687 g/mol. The van der Waals surface area contributed by atoms with Gasteiger partial charge < -0.3 is 52.6 Å². The van der Waals surface area contributed by atoms with Gasteiger partial charge in [0.05, 0.1) is 13.7 Å². The lowest BCUT2D eigenvalue weighted by Gasteiger charge is -2.29. The van der Waals surface area contributed by atoms with Crippen LogP contribution in [0.5, 0.6) is 0 Å². The van der Waals surface area contributed by atoms with E-state index in [2.05, 4.69) is 26.6 Å². The van der Waals surface area contributed by atoms with Crippen LogP contribution in [0, 0.1) is 11.8 Å². The smallest absolute Gasteiger partial charge is 0.407 e. The lowest BCUT2D eigenvalue weighted by molar-refractivity contribution is -0.147. The highest BCUT2D eigenvalue weighted by Crippen LogP contribution is 2.11. The van der Waals surface area contributed by atoms with Crippen molar-refractivity contribution < 1.29 is 48.1 Å². The summed E-state index contributed by atoms with van der Waals surface area (Å²) in [5.74, 6) is -5.65. The van der Waals surface area contributed by atoms with Crippen LogP contribution in [0.3, 0.4) is 0 Å². The van der Waals surface area contributed by atoms with E-state index in [-0.39, 0.29) is 31.8 Å². The summed E-state index contributed by atoms with van der Waals surface area (Å²) in [5.41, 5.74) is 11.2. The molecule has 0 radical (unpaired) electrons. The summed E-state index contributed by atoms with van der Waals surface area (Å²) in [5, 5.41) is 22.1. The van der Waals surface area contributed by atoms with Crippen molar-refractivity contribution in [2.45, 2.75) is 116 Å². The molecule has 276 valence electrons. The Kier molecular flexibility index (Phi) is 22.2. The molecule has 0 fully saturated rings. The van der Waals surface area contributed by atoms with Gasteiger partial charge in [0.15, 0.2) is 0 Å². The lowest BCUT2D eigenvalue weighted by Crippen LogP contribution is -2.60. The maximum absolute atomic E-state index is 13.6. The normalized spacial score (nSPS) is 14.1. The number of carboxylic acid groups (broad SMARTS) is 1. The van der Waals surface area contributed by atoms with Gasteiger partial charge in [-0.2, -0.15) is 0 Å². The Morgan fingerprint density at radius 1 is 0.625 bits per heavy atom. The Hall–Kier alpha value is -3.99. The van der Waals surface area contributed by atoms with Gasteiger partial charge in [-0.05, 0) is 76.8 Å². The topological polar surface area (TPSA) is 270 Å². The van der Waals surface area contributed by atoms with Crippen LogP contribution in [0.1, 0.15) is 86.0 Å². The summed E-state index contributed by atoms with van der Waals surface area (Å²) in [6.45, 7) is 9.13. The van der Waals surface area contributed by atoms with E-state index in [1.165, 1.54) is 7.11 Å². The second kappa shape index (κ2) is 24.2. The Morgan fingerprint density at radius 3 is 1.48 bits per heavy atom. The van der Waals surface area contributed by atoms with E-state index in [1.54, 1.807) is 34.6 Å². The van der Waals surface area contributed by atoms with Gasteiger partial charge in [0.25, 0.3) is 0 Å². The fourth-order valence-corrected chi connectivity index (χ4v) is 4.58. The zero-order valence-corrected chi connectivity index (χ0v) is 29.1. The Labute approximate surface area is 282 Å². The SMILES string of the molecule is CCOC(=O)N[C@@H](CCCCN)C(=O)N[C@@H](CCCCN)C(=O)N[C@@H](CCC(=O)O)C(=O)N[C@H](C(=O)N[C@H](C(=O)OC)C(C)C)C(C)C. The number of amides is 5. The Morgan fingerprint density at radius 2 is 1.06 bits per heavy atom. The van der Waals surface area contributed by atoms with E-state index < -0.39 is 84.2 Å². The molecule has 17 nitrogen and oxygen atoms in total. The number of methoxy groups -OCH3 is 1. The molecule has 17 heteroatoms. The van der Waals surface area contributed by atoms with E-state index >= 15 is 0 Å². The fourth-order valence-electron chi connectivity index (χ4n) is 4.58. The molecule has 0 unspecified atom stereocenters. The molecule has 0 heterocycles. The number of aliphatic carboxylic acids is 1. The molecule has 0 aliphatic heterocycles. The molecule has 0 saturated carbocycles. The van der Waals surface area contributed by atoms with Crippen LogP contribution in [0.2, 0.25) is 0 Å². The van der Waals surface area contributed by atoms with Crippen LogP contribution in [0.25, 0.3) is 0 Å². The van der Waals surface area contributed by atoms with Crippen molar-refractivity contribution in [1.29, 1.82) is 0 Å². The highest BCUT2D eigenvalue weighted by Gasteiger charge is 2.34. The summed E-state index contributed by atoms with van der Waals surface area (Å²) < 4.78 is 9.68. The van der Waals surface area contributed by atoms with Gasteiger partial charge in [-0.25, -0.2) is 9.59 Å². The summed E-state index contributed by atoms with van der Waals surface area (Å²) in [6.07, 6.45) is 0.754. The van der Waals surface area contributed by atoms with Gasteiger partial charge >= 0.3 is 18.0 Å². The molecule has 0 aliphatic rings. The maximum Gasteiger partial charge on any atom is 0.407 e. The van der Waals surface area contributed by atoms with Crippen molar-refractivity contribution in [2.24, 2.45) is 23.3 Å². The molecule has 0 saturated heterocycles. The van der Waals surface area contributed by atoms with Gasteiger partial charge in [-0.15, -0.1) is 0 Å². The second-order valence-corrected chi connectivity index (χ2v) is 12.0. The molecule has 0 aromatic carbocycles. The van der Waals surface area contributed by atoms with Crippen LogP contribution in [-0.4, -0.2) is 104 Å². The van der Waals surface area contributed by atoms with Gasteiger partial charge in [0.2, 0.25) is 23.6 Å². The summed E-state index contributed by atoms with van der Waals surface area (Å²) >= 11 is 0. The van der Waals surface area contributed by atoms with Crippen LogP contribution >= 0.6 is 0 Å². The predicted octanol–water partition coefficient (Wildman–Crippen LogP) is -0.352. The van der Waals surface area contributed by atoms with E-state index in [9.17, 15) is 38.7 Å². The number of unbranched alkanes of at least 4 members (excludes halogenated alkanes) is 2. The molecule has 5 atom stereocenters. The first-order valence-corrected chi connectivity index (χ1v) is 16.5. The molecule has 0 spiro atoms. The molecular weight excluding hydrogens is 630 g/mol. The molecule has 0 rings (SSSR count). The zero-order chi connectivity index (χ0) is 36.8. The second-order valence-electron chi connectivity index (χ2n) is 12.0. The van der Waals surface area contributed by atoms with Gasteiger partial charge in [-0.1, -0.05) is 27.7 Å². The molecule has 48 heavy (non-hydrogen) atoms. The third kappa shape index (κ3) is 17.2. The summed E-state index contributed by atoms with van der Waals surface area (Å²) in [7, 11) is 1.19. The number of hydrogen-bond acceptors (Lipinski definition) is 11. The molecule has 10 N–H and O–H groups in total. The van der Waals surface area contributed by atoms with Crippen LogP contribution < -0.4 is 38.1 Å². The van der Waals surface area contributed by atoms with Gasteiger partial charge in [0.1, 0.15) is 30.2 Å². The quantitative estimate of drug-likeness (QED) is 0.0478. The summed E-state index contributed by atoms with van der Waals surface area (Å²) in [4.78, 5) is 89.3. The number of alkyl carbamates (subject to hydrolysis) is 1. The molecule has 0 bridgehead atoms. The van der Waals surface area contributed by atoms with E-state index in [1.807, 2.05) is 0 Å². The van der Waals surface area contributed by atoms with Crippen molar-refractivity contribution in [3.8, 4) is 0 Å². The van der Waals surface area contributed by atoms with E-state index in [0.717, 1.165) is 0 Å². The third-order valence-electron chi connectivity index (χ3n) is 7.36. The number of rotatable bonds is 24. The van der Waals surface area contributed by atoms with Crippen LogP contribution in [0.15, 0.2) is 0 Å². The number of carbonyl (C=O) groups is 7. The minimum Gasteiger partial charge on any atom is -0.481 e. The largest absolute Gasteiger partial charge is 0.481 e. The maximum atomic E-state index is 13.6. The molecule has 0 aromatic rings. The molecule has 5 amide bonds.